The van der Waals surface area contributed by atoms with Crippen molar-refractivity contribution in [3.05, 3.63) is 60.2 Å². The maximum Gasteiger partial charge on any atom is 0.323 e. The van der Waals surface area contributed by atoms with Crippen LogP contribution < -0.4 is 21.3 Å². The second kappa shape index (κ2) is 9.19. The first kappa shape index (κ1) is 18.9. The fraction of sp³-hybridized carbons (Fsp3) is 0.333. The monoisotopic (exact) mass is 366 g/mol. The number of urea groups is 1. The first-order chi connectivity index (χ1) is 13.1. The predicted octanol–water partition coefficient (Wildman–Crippen LogP) is 3.65. The van der Waals surface area contributed by atoms with Gasteiger partial charge in [0.15, 0.2) is 0 Å². The molecule has 2 aromatic rings. The number of hydrogen-bond donors (Lipinski definition) is 4. The standard InChI is InChI=1S/C21H26N4O2/c1-15(23-20(26)14-19-8-5-13-22-19)16-9-11-18(12-10-16)25-21(27)24-17-6-3-2-4-7-17/h2-4,6-7,9-12,15,19,22H,5,8,13-14H2,1H3,(H,23,26)(H2,24,25,27). The van der Waals surface area contributed by atoms with Gasteiger partial charge in [0.1, 0.15) is 0 Å². The van der Waals surface area contributed by atoms with Crippen LogP contribution >= 0.6 is 0 Å². The van der Waals surface area contributed by atoms with E-state index in [4.69, 9.17) is 0 Å². The molecule has 142 valence electrons. The maximum absolute atomic E-state index is 12.2. The number of carbonyl (C=O) groups is 2. The minimum Gasteiger partial charge on any atom is -0.350 e. The van der Waals surface area contributed by atoms with Crippen LogP contribution in [0.3, 0.4) is 0 Å². The molecule has 1 aliphatic rings. The van der Waals surface area contributed by atoms with Gasteiger partial charge in [-0.05, 0) is 56.1 Å². The third kappa shape index (κ3) is 5.82. The van der Waals surface area contributed by atoms with Gasteiger partial charge in [-0.1, -0.05) is 30.3 Å². The molecule has 0 bridgehead atoms. The van der Waals surface area contributed by atoms with E-state index >= 15 is 0 Å². The zero-order valence-electron chi connectivity index (χ0n) is 15.5. The highest BCUT2D eigenvalue weighted by molar-refractivity contribution is 5.99. The van der Waals surface area contributed by atoms with Gasteiger partial charge in [-0.2, -0.15) is 0 Å². The molecular weight excluding hydrogens is 340 g/mol. The normalized spacial score (nSPS) is 17.1. The molecule has 0 aliphatic carbocycles. The predicted molar refractivity (Wildman–Crippen MR) is 108 cm³/mol. The third-order valence-electron chi connectivity index (χ3n) is 4.67. The number of hydrogen-bond acceptors (Lipinski definition) is 3. The van der Waals surface area contributed by atoms with E-state index in [-0.39, 0.29) is 18.0 Å². The van der Waals surface area contributed by atoms with Gasteiger partial charge in [0.25, 0.3) is 0 Å². The molecule has 1 heterocycles. The number of nitrogens with one attached hydrogen (secondary N) is 4. The molecule has 0 spiro atoms. The van der Waals surface area contributed by atoms with Crippen molar-refractivity contribution >= 4 is 23.3 Å². The minimum atomic E-state index is -0.292. The lowest BCUT2D eigenvalue weighted by atomic mass is 10.1. The van der Waals surface area contributed by atoms with Crippen molar-refractivity contribution in [1.29, 1.82) is 0 Å². The van der Waals surface area contributed by atoms with E-state index in [0.717, 1.165) is 30.6 Å². The average Bonchev–Trinajstić information content (AvgIpc) is 3.15. The van der Waals surface area contributed by atoms with Crippen LogP contribution in [0.15, 0.2) is 54.6 Å². The van der Waals surface area contributed by atoms with Crippen molar-refractivity contribution in [2.45, 2.75) is 38.3 Å². The van der Waals surface area contributed by atoms with Crippen LogP contribution in [0.2, 0.25) is 0 Å². The van der Waals surface area contributed by atoms with E-state index in [0.29, 0.717) is 18.2 Å². The molecule has 2 aromatic carbocycles. The molecule has 2 unspecified atom stereocenters. The van der Waals surface area contributed by atoms with Gasteiger partial charge >= 0.3 is 6.03 Å². The van der Waals surface area contributed by atoms with E-state index < -0.39 is 0 Å². The Balaban J connectivity index is 1.48. The molecule has 2 atom stereocenters. The molecule has 3 amide bonds. The topological polar surface area (TPSA) is 82.3 Å². The van der Waals surface area contributed by atoms with E-state index in [1.807, 2.05) is 61.5 Å². The van der Waals surface area contributed by atoms with Crippen molar-refractivity contribution in [2.24, 2.45) is 0 Å². The molecule has 4 N–H and O–H groups in total. The summed E-state index contributed by atoms with van der Waals surface area (Å²) >= 11 is 0. The molecule has 1 aliphatic heterocycles. The highest BCUT2D eigenvalue weighted by Crippen LogP contribution is 2.17. The molecule has 1 fully saturated rings. The highest BCUT2D eigenvalue weighted by atomic mass is 16.2. The molecule has 6 heteroatoms. The minimum absolute atomic E-state index is 0.0614. The molecular formula is C21H26N4O2. The fourth-order valence-electron chi connectivity index (χ4n) is 3.21. The second-order valence-electron chi connectivity index (χ2n) is 6.85. The molecule has 0 aromatic heterocycles. The number of rotatable bonds is 6. The van der Waals surface area contributed by atoms with Gasteiger partial charge < -0.3 is 21.3 Å². The van der Waals surface area contributed by atoms with Crippen LogP contribution in [0, 0.1) is 0 Å². The number of benzene rings is 2. The molecule has 27 heavy (non-hydrogen) atoms. The Morgan fingerprint density at radius 1 is 1.04 bits per heavy atom. The summed E-state index contributed by atoms with van der Waals surface area (Å²) in [6.45, 7) is 2.96. The number of para-hydroxylation sites is 1. The van der Waals surface area contributed by atoms with Crippen LogP contribution in [-0.2, 0) is 4.79 Å². The largest absolute Gasteiger partial charge is 0.350 e. The van der Waals surface area contributed by atoms with Gasteiger partial charge in [-0.3, -0.25) is 4.79 Å². The smallest absolute Gasteiger partial charge is 0.323 e. The Hall–Kier alpha value is -2.86. The lowest BCUT2D eigenvalue weighted by molar-refractivity contribution is -0.122. The molecule has 6 nitrogen and oxygen atoms in total. The summed E-state index contributed by atoms with van der Waals surface area (Å²) in [4.78, 5) is 24.2. The van der Waals surface area contributed by atoms with Gasteiger partial charge in [-0.15, -0.1) is 0 Å². The van der Waals surface area contributed by atoms with Gasteiger partial charge in [-0.25, -0.2) is 4.79 Å². The second-order valence-corrected chi connectivity index (χ2v) is 6.85. The van der Waals surface area contributed by atoms with Crippen molar-refractivity contribution in [3.8, 4) is 0 Å². The summed E-state index contributed by atoms with van der Waals surface area (Å²) in [5, 5.41) is 11.9. The van der Waals surface area contributed by atoms with Crippen LogP contribution in [0.25, 0.3) is 0 Å². The Kier molecular flexibility index (Phi) is 6.44. The lowest BCUT2D eigenvalue weighted by Crippen LogP contribution is -2.33. The van der Waals surface area contributed by atoms with E-state index in [1.54, 1.807) is 0 Å². The first-order valence-electron chi connectivity index (χ1n) is 9.36. The Morgan fingerprint density at radius 2 is 1.70 bits per heavy atom. The van der Waals surface area contributed by atoms with Crippen LogP contribution in [0.5, 0.6) is 0 Å². The van der Waals surface area contributed by atoms with E-state index in [1.165, 1.54) is 0 Å². The molecule has 3 rings (SSSR count). The summed E-state index contributed by atoms with van der Waals surface area (Å²) < 4.78 is 0. The maximum atomic E-state index is 12.2. The average molecular weight is 366 g/mol. The summed E-state index contributed by atoms with van der Waals surface area (Å²) in [6, 6.07) is 16.7. The van der Waals surface area contributed by atoms with Crippen molar-refractivity contribution in [2.75, 3.05) is 17.2 Å². The van der Waals surface area contributed by atoms with Crippen molar-refractivity contribution < 1.29 is 9.59 Å². The molecule has 0 saturated carbocycles. The van der Waals surface area contributed by atoms with Crippen LogP contribution in [0.4, 0.5) is 16.2 Å². The van der Waals surface area contributed by atoms with Gasteiger partial charge in [0.2, 0.25) is 5.91 Å². The van der Waals surface area contributed by atoms with Crippen LogP contribution in [0.1, 0.15) is 37.8 Å². The van der Waals surface area contributed by atoms with Crippen molar-refractivity contribution in [3.63, 3.8) is 0 Å². The Morgan fingerprint density at radius 3 is 2.33 bits per heavy atom. The van der Waals surface area contributed by atoms with E-state index in [2.05, 4.69) is 21.3 Å². The summed E-state index contributed by atoms with van der Waals surface area (Å²) in [7, 11) is 0. The molecule has 0 radical (unpaired) electrons. The fourth-order valence-corrected chi connectivity index (χ4v) is 3.21. The number of carbonyl (C=O) groups excluding carboxylic acids is 2. The highest BCUT2D eigenvalue weighted by Gasteiger charge is 2.19. The van der Waals surface area contributed by atoms with Gasteiger partial charge in [0, 0.05) is 23.8 Å². The zero-order valence-corrected chi connectivity index (χ0v) is 15.5. The van der Waals surface area contributed by atoms with Gasteiger partial charge in [0.05, 0.1) is 6.04 Å². The van der Waals surface area contributed by atoms with E-state index in [9.17, 15) is 9.59 Å². The lowest BCUT2D eigenvalue weighted by Gasteiger charge is -2.17. The Labute approximate surface area is 159 Å². The van der Waals surface area contributed by atoms with Crippen molar-refractivity contribution in [1.82, 2.24) is 10.6 Å². The zero-order chi connectivity index (χ0) is 19.1. The summed E-state index contributed by atoms with van der Waals surface area (Å²) in [5.74, 6) is 0.0614. The SMILES string of the molecule is CC(NC(=O)CC1CCCN1)c1ccc(NC(=O)Nc2ccccc2)cc1. The first-order valence-corrected chi connectivity index (χ1v) is 9.36. The number of amides is 3. The Bertz CT molecular complexity index is 756. The van der Waals surface area contributed by atoms with Crippen LogP contribution in [-0.4, -0.2) is 24.5 Å². The molecule has 1 saturated heterocycles. The summed E-state index contributed by atoms with van der Waals surface area (Å²) in [5.41, 5.74) is 2.43. The third-order valence-corrected chi connectivity index (χ3v) is 4.67. The summed E-state index contributed by atoms with van der Waals surface area (Å²) in [6.07, 6.45) is 2.72. The quantitative estimate of drug-likeness (QED) is 0.630. The number of anilines is 2.